The molecule has 0 aliphatic carbocycles. The summed E-state index contributed by atoms with van der Waals surface area (Å²) < 4.78 is 15.1. The van der Waals surface area contributed by atoms with Crippen LogP contribution in [-0.4, -0.2) is 36.5 Å². The van der Waals surface area contributed by atoms with Crippen molar-refractivity contribution in [2.75, 3.05) is 14.2 Å². The lowest BCUT2D eigenvalue weighted by atomic mass is 10.1. The third kappa shape index (κ3) is 2.75. The number of aromatic hydroxyl groups is 1. The molecular formula is C15H16O7. The van der Waals surface area contributed by atoms with E-state index in [2.05, 4.69) is 4.74 Å². The van der Waals surface area contributed by atoms with Gasteiger partial charge in [-0.3, -0.25) is 4.79 Å². The first-order chi connectivity index (χ1) is 10.4. The highest BCUT2D eigenvalue weighted by Crippen LogP contribution is 2.36. The number of carbonyl (C=O) groups is 1. The molecule has 1 heterocycles. The average Bonchev–Trinajstić information content (AvgIpc) is 2.46. The maximum Gasteiger partial charge on any atom is 0.338 e. The van der Waals surface area contributed by atoms with Gasteiger partial charge in [0.25, 0.3) is 0 Å². The van der Waals surface area contributed by atoms with Gasteiger partial charge in [0, 0.05) is 12.5 Å². The SMILES string of the molecule is COC(=O)c1cc(OC)c(O)c2oc(C[C@H](C)O)cc(=O)c12. The highest BCUT2D eigenvalue weighted by Gasteiger charge is 2.22. The lowest BCUT2D eigenvalue weighted by Crippen LogP contribution is -2.13. The number of phenolic OH excluding ortho intramolecular Hbond substituents is 1. The minimum Gasteiger partial charge on any atom is -0.502 e. The van der Waals surface area contributed by atoms with Gasteiger partial charge in [0.2, 0.25) is 5.75 Å². The van der Waals surface area contributed by atoms with Gasteiger partial charge in [-0.25, -0.2) is 4.79 Å². The van der Waals surface area contributed by atoms with Crippen molar-refractivity contribution in [3.05, 3.63) is 33.7 Å². The summed E-state index contributed by atoms with van der Waals surface area (Å²) in [4.78, 5) is 24.1. The number of hydrogen-bond acceptors (Lipinski definition) is 7. The number of methoxy groups -OCH3 is 2. The molecule has 1 aromatic carbocycles. The van der Waals surface area contributed by atoms with E-state index in [1.54, 1.807) is 0 Å². The van der Waals surface area contributed by atoms with Gasteiger partial charge in [-0.15, -0.1) is 0 Å². The van der Waals surface area contributed by atoms with E-state index in [1.165, 1.54) is 33.3 Å². The van der Waals surface area contributed by atoms with Gasteiger partial charge in [0.1, 0.15) is 5.76 Å². The van der Waals surface area contributed by atoms with E-state index < -0.39 is 23.3 Å². The minimum atomic E-state index is -0.751. The second kappa shape index (κ2) is 6.07. The van der Waals surface area contributed by atoms with Crippen molar-refractivity contribution < 1.29 is 28.9 Å². The summed E-state index contributed by atoms with van der Waals surface area (Å²) in [5.74, 6) is -0.981. The molecule has 0 saturated carbocycles. The number of benzene rings is 1. The Morgan fingerprint density at radius 1 is 1.36 bits per heavy atom. The standard InChI is InChI=1S/C15H16O7/c1-7(16)4-8-5-10(17)12-9(15(19)21-3)6-11(20-2)13(18)14(12)22-8/h5-7,16,18H,4H2,1-3H3/t7-/m0/s1. The molecule has 2 rings (SSSR count). The molecule has 0 aliphatic heterocycles. The first kappa shape index (κ1) is 15.8. The van der Waals surface area contributed by atoms with Crippen LogP contribution >= 0.6 is 0 Å². The van der Waals surface area contributed by atoms with Crippen LogP contribution in [0.5, 0.6) is 11.5 Å². The monoisotopic (exact) mass is 308 g/mol. The Morgan fingerprint density at radius 3 is 2.59 bits per heavy atom. The van der Waals surface area contributed by atoms with Crippen LogP contribution in [-0.2, 0) is 11.2 Å². The molecule has 0 fully saturated rings. The summed E-state index contributed by atoms with van der Waals surface area (Å²) in [6.07, 6.45) is -0.636. The average molecular weight is 308 g/mol. The zero-order valence-electron chi connectivity index (χ0n) is 12.4. The Morgan fingerprint density at radius 2 is 2.05 bits per heavy atom. The van der Waals surface area contributed by atoms with E-state index in [0.717, 1.165) is 0 Å². The fourth-order valence-electron chi connectivity index (χ4n) is 2.17. The van der Waals surface area contributed by atoms with Crippen LogP contribution in [0.1, 0.15) is 23.0 Å². The predicted octanol–water partition coefficient (Wildman–Crippen LogP) is 1.22. The van der Waals surface area contributed by atoms with Crippen LogP contribution in [0.4, 0.5) is 0 Å². The van der Waals surface area contributed by atoms with Crippen LogP contribution in [0.25, 0.3) is 11.0 Å². The molecule has 0 amide bonds. The van der Waals surface area contributed by atoms with Gasteiger partial charge in [0.15, 0.2) is 16.8 Å². The predicted molar refractivity (Wildman–Crippen MR) is 77.4 cm³/mol. The molecule has 0 unspecified atom stereocenters. The normalized spacial score (nSPS) is 12.2. The van der Waals surface area contributed by atoms with Gasteiger partial charge in [-0.2, -0.15) is 0 Å². The molecule has 0 spiro atoms. The molecule has 2 aromatic rings. The Hall–Kier alpha value is -2.54. The van der Waals surface area contributed by atoms with E-state index >= 15 is 0 Å². The number of rotatable bonds is 4. The fourth-order valence-corrected chi connectivity index (χ4v) is 2.17. The van der Waals surface area contributed by atoms with Gasteiger partial charge >= 0.3 is 5.97 Å². The quantitative estimate of drug-likeness (QED) is 0.818. The number of esters is 1. The van der Waals surface area contributed by atoms with E-state index in [1.807, 2.05) is 0 Å². The second-order valence-corrected chi connectivity index (χ2v) is 4.80. The summed E-state index contributed by atoms with van der Waals surface area (Å²) in [6.45, 7) is 1.54. The van der Waals surface area contributed by atoms with Crippen molar-refractivity contribution in [2.45, 2.75) is 19.4 Å². The largest absolute Gasteiger partial charge is 0.502 e. The first-order valence-corrected chi connectivity index (χ1v) is 6.52. The minimum absolute atomic E-state index is 0.0229. The van der Waals surface area contributed by atoms with Crippen LogP contribution in [0, 0.1) is 0 Å². The zero-order valence-corrected chi connectivity index (χ0v) is 12.4. The molecule has 7 heteroatoms. The number of ether oxygens (including phenoxy) is 2. The number of carbonyl (C=O) groups excluding carboxylic acids is 1. The van der Waals surface area contributed by atoms with E-state index in [9.17, 15) is 19.8 Å². The first-order valence-electron chi connectivity index (χ1n) is 6.52. The number of hydrogen-bond donors (Lipinski definition) is 2. The number of aliphatic hydroxyl groups is 1. The molecule has 118 valence electrons. The summed E-state index contributed by atoms with van der Waals surface area (Å²) in [7, 11) is 2.48. The van der Waals surface area contributed by atoms with Gasteiger partial charge < -0.3 is 24.1 Å². The molecule has 22 heavy (non-hydrogen) atoms. The Bertz CT molecular complexity index is 774. The highest BCUT2D eigenvalue weighted by atomic mass is 16.5. The zero-order chi connectivity index (χ0) is 16.4. The topological polar surface area (TPSA) is 106 Å². The van der Waals surface area contributed by atoms with Crippen LogP contribution in [0.2, 0.25) is 0 Å². The molecule has 2 N–H and O–H groups in total. The summed E-state index contributed by atoms with van der Waals surface area (Å²) >= 11 is 0. The Kier molecular flexibility index (Phi) is 4.37. The summed E-state index contributed by atoms with van der Waals surface area (Å²) in [5.41, 5.74) is -0.761. The molecule has 0 radical (unpaired) electrons. The second-order valence-electron chi connectivity index (χ2n) is 4.80. The molecule has 0 aliphatic rings. The maximum atomic E-state index is 12.3. The van der Waals surface area contributed by atoms with Crippen molar-refractivity contribution in [1.82, 2.24) is 0 Å². The molecule has 0 saturated heterocycles. The van der Waals surface area contributed by atoms with Crippen molar-refractivity contribution in [1.29, 1.82) is 0 Å². The molecule has 1 aromatic heterocycles. The Balaban J connectivity index is 2.85. The number of fused-ring (bicyclic) bond motifs is 1. The number of phenols is 1. The lowest BCUT2D eigenvalue weighted by Gasteiger charge is -2.11. The number of aliphatic hydroxyl groups excluding tert-OH is 1. The van der Waals surface area contributed by atoms with Crippen molar-refractivity contribution in [3.63, 3.8) is 0 Å². The van der Waals surface area contributed by atoms with Gasteiger partial charge in [-0.05, 0) is 13.0 Å². The Labute approximate surface area is 125 Å². The van der Waals surface area contributed by atoms with Crippen LogP contribution in [0.3, 0.4) is 0 Å². The van der Waals surface area contributed by atoms with E-state index in [-0.39, 0.29) is 34.5 Å². The van der Waals surface area contributed by atoms with Gasteiger partial charge in [0.05, 0.1) is 31.3 Å². The highest BCUT2D eigenvalue weighted by molar-refractivity contribution is 6.05. The molecular weight excluding hydrogens is 292 g/mol. The molecule has 7 nitrogen and oxygen atoms in total. The van der Waals surface area contributed by atoms with Crippen LogP contribution in [0.15, 0.2) is 21.3 Å². The van der Waals surface area contributed by atoms with Crippen molar-refractivity contribution >= 4 is 16.9 Å². The summed E-state index contributed by atoms with van der Waals surface area (Å²) in [6, 6.07) is 2.39. The van der Waals surface area contributed by atoms with Crippen molar-refractivity contribution in [2.24, 2.45) is 0 Å². The maximum absolute atomic E-state index is 12.3. The van der Waals surface area contributed by atoms with Crippen LogP contribution < -0.4 is 10.2 Å². The lowest BCUT2D eigenvalue weighted by molar-refractivity contribution is 0.0602. The van der Waals surface area contributed by atoms with Gasteiger partial charge in [-0.1, -0.05) is 0 Å². The van der Waals surface area contributed by atoms with E-state index in [0.29, 0.717) is 0 Å². The summed E-state index contributed by atoms with van der Waals surface area (Å²) in [5, 5.41) is 19.4. The fraction of sp³-hybridized carbons (Fsp3) is 0.333. The third-order valence-electron chi connectivity index (χ3n) is 3.11. The van der Waals surface area contributed by atoms with Crippen molar-refractivity contribution in [3.8, 4) is 11.5 Å². The third-order valence-corrected chi connectivity index (χ3v) is 3.11. The van der Waals surface area contributed by atoms with E-state index in [4.69, 9.17) is 9.15 Å². The molecule has 1 atom stereocenters. The smallest absolute Gasteiger partial charge is 0.338 e. The molecule has 0 bridgehead atoms.